The van der Waals surface area contributed by atoms with E-state index >= 15 is 0 Å². The van der Waals surface area contributed by atoms with Gasteiger partial charge in [0.2, 0.25) is 0 Å². The molecule has 1 aliphatic heterocycles. The van der Waals surface area contributed by atoms with E-state index in [4.69, 9.17) is 20.4 Å². The van der Waals surface area contributed by atoms with Crippen LogP contribution in [-0.2, 0) is 19.1 Å². The van der Waals surface area contributed by atoms with Crippen molar-refractivity contribution in [3.63, 3.8) is 0 Å². The van der Waals surface area contributed by atoms with Crippen molar-refractivity contribution in [3.05, 3.63) is 0 Å². The van der Waals surface area contributed by atoms with Crippen molar-refractivity contribution >= 4 is 18.0 Å². The quantitative estimate of drug-likeness (QED) is 0.277. The fourth-order valence-corrected chi connectivity index (χ4v) is 1.89. The number of carbonyl (C=O) groups is 3. The number of nitrogens with one attached hydrogen (secondary N) is 1. The molecule has 0 aromatic carbocycles. The molecule has 0 aromatic heterocycles. The van der Waals surface area contributed by atoms with E-state index in [0.717, 1.165) is 0 Å². The number of carboxylic acids is 1. The Hall–Kier alpha value is -1.87. The molecule has 21 heavy (non-hydrogen) atoms. The number of hydrogen-bond acceptors (Lipinski definition) is 7. The first-order chi connectivity index (χ1) is 9.64. The minimum absolute atomic E-state index is 0.185. The summed E-state index contributed by atoms with van der Waals surface area (Å²) in [6.45, 7) is 5.35. The summed E-state index contributed by atoms with van der Waals surface area (Å²) in [6, 6.07) is -0.185. The van der Waals surface area contributed by atoms with Gasteiger partial charge in [-0.05, 0) is 27.2 Å². The molecule has 1 aliphatic rings. The van der Waals surface area contributed by atoms with E-state index in [0.29, 0.717) is 6.42 Å². The highest BCUT2D eigenvalue weighted by atomic mass is 16.6. The molecule has 1 fully saturated rings. The number of carboxylic acid groups (broad SMARTS) is 1. The molecule has 0 unspecified atom stereocenters. The number of piperidine rings is 1. The van der Waals surface area contributed by atoms with Gasteiger partial charge < -0.3 is 14.6 Å². The number of aliphatic carboxylic acids is 1. The first kappa shape index (κ1) is 17.2. The second-order valence-corrected chi connectivity index (χ2v) is 5.73. The zero-order valence-electron chi connectivity index (χ0n) is 12.3. The van der Waals surface area contributed by atoms with Crippen molar-refractivity contribution in [3.8, 4) is 0 Å². The molecule has 0 aromatic rings. The third-order valence-electron chi connectivity index (χ3n) is 2.83. The number of hydrazine groups is 1. The summed E-state index contributed by atoms with van der Waals surface area (Å²) in [4.78, 5) is 35.1. The summed E-state index contributed by atoms with van der Waals surface area (Å²) < 4.78 is 10.0. The van der Waals surface area contributed by atoms with Gasteiger partial charge in [0, 0.05) is 19.0 Å². The van der Waals surface area contributed by atoms with Gasteiger partial charge in [0.15, 0.2) is 6.23 Å². The monoisotopic (exact) mass is 303 g/mol. The summed E-state index contributed by atoms with van der Waals surface area (Å²) in [5.74, 6) is 2.19. The average Bonchev–Trinajstić information content (AvgIpc) is 2.36. The molecule has 9 nitrogen and oxygen atoms in total. The number of rotatable bonds is 2. The molecule has 1 rings (SSSR count). The topological polar surface area (TPSA) is 131 Å². The van der Waals surface area contributed by atoms with Crippen LogP contribution >= 0.6 is 0 Å². The van der Waals surface area contributed by atoms with Gasteiger partial charge in [0.05, 0.1) is 0 Å². The highest BCUT2D eigenvalue weighted by molar-refractivity contribution is 6.28. The normalized spacial score (nSPS) is 22.6. The predicted octanol–water partition coefficient (Wildman–Crippen LogP) is -0.197. The Kier molecular flexibility index (Phi) is 5.50. The van der Waals surface area contributed by atoms with Crippen LogP contribution in [0, 0.1) is 0 Å². The van der Waals surface area contributed by atoms with Gasteiger partial charge in [-0.2, -0.15) is 0 Å². The Labute approximate surface area is 122 Å². The summed E-state index contributed by atoms with van der Waals surface area (Å²) in [6.07, 6.45) is -0.967. The molecule has 0 spiro atoms. The van der Waals surface area contributed by atoms with Crippen LogP contribution in [0.4, 0.5) is 4.79 Å². The molecular weight excluding hydrogens is 282 g/mol. The summed E-state index contributed by atoms with van der Waals surface area (Å²) in [5.41, 5.74) is 1.82. The van der Waals surface area contributed by atoms with Crippen LogP contribution in [-0.4, -0.2) is 52.5 Å². The van der Waals surface area contributed by atoms with E-state index in [9.17, 15) is 14.4 Å². The second kappa shape index (κ2) is 6.72. The largest absolute Gasteiger partial charge is 0.473 e. The van der Waals surface area contributed by atoms with Crippen LogP contribution < -0.4 is 11.3 Å². The molecule has 4 N–H and O–H groups in total. The molecule has 1 heterocycles. The van der Waals surface area contributed by atoms with E-state index in [-0.39, 0.29) is 19.0 Å². The van der Waals surface area contributed by atoms with Gasteiger partial charge in [0.1, 0.15) is 5.60 Å². The number of esters is 1. The van der Waals surface area contributed by atoms with Crippen molar-refractivity contribution in [1.29, 1.82) is 0 Å². The van der Waals surface area contributed by atoms with E-state index in [2.05, 4.69) is 5.43 Å². The fraction of sp³-hybridized carbons (Fsp3) is 0.750. The van der Waals surface area contributed by atoms with Gasteiger partial charge in [-0.1, -0.05) is 0 Å². The van der Waals surface area contributed by atoms with Crippen molar-refractivity contribution in [1.82, 2.24) is 10.3 Å². The van der Waals surface area contributed by atoms with Crippen LogP contribution in [0.25, 0.3) is 0 Å². The SMILES string of the molecule is CC(C)(C)OC(=O)N1CC[C@@H](NN)C[C@H]1OC(=O)C(=O)O. The van der Waals surface area contributed by atoms with Crippen molar-refractivity contribution in [2.45, 2.75) is 51.5 Å². The first-order valence-corrected chi connectivity index (χ1v) is 6.53. The van der Waals surface area contributed by atoms with Crippen molar-refractivity contribution < 1.29 is 29.0 Å². The molecule has 0 radical (unpaired) electrons. The maximum atomic E-state index is 12.1. The number of amides is 1. The van der Waals surface area contributed by atoms with Crippen LogP contribution in [0.1, 0.15) is 33.6 Å². The molecule has 0 saturated carbocycles. The summed E-state index contributed by atoms with van der Waals surface area (Å²) in [5, 5.41) is 8.60. The van der Waals surface area contributed by atoms with Gasteiger partial charge in [0.25, 0.3) is 0 Å². The highest BCUT2D eigenvalue weighted by Gasteiger charge is 2.37. The minimum atomic E-state index is -1.72. The first-order valence-electron chi connectivity index (χ1n) is 6.53. The Morgan fingerprint density at radius 3 is 2.43 bits per heavy atom. The van der Waals surface area contributed by atoms with Crippen LogP contribution in [0.15, 0.2) is 0 Å². The third-order valence-corrected chi connectivity index (χ3v) is 2.83. The number of nitrogens with zero attached hydrogens (tertiary/aromatic N) is 1. The molecule has 0 aliphatic carbocycles. The lowest BCUT2D eigenvalue weighted by Gasteiger charge is -2.38. The fourth-order valence-electron chi connectivity index (χ4n) is 1.89. The number of likely N-dealkylation sites (tertiary alicyclic amines) is 1. The van der Waals surface area contributed by atoms with Crippen LogP contribution in [0.5, 0.6) is 0 Å². The zero-order valence-corrected chi connectivity index (χ0v) is 12.3. The van der Waals surface area contributed by atoms with E-state index in [1.807, 2.05) is 0 Å². The maximum absolute atomic E-state index is 12.1. The lowest BCUT2D eigenvalue weighted by atomic mass is 10.0. The second-order valence-electron chi connectivity index (χ2n) is 5.73. The molecule has 9 heteroatoms. The van der Waals surface area contributed by atoms with Crippen molar-refractivity contribution in [2.75, 3.05) is 6.54 Å². The standard InChI is InChI=1S/C12H21N3O6/c1-12(2,3)21-11(19)15-5-4-7(14-13)6-8(15)20-10(18)9(16)17/h7-8,14H,4-6,13H2,1-3H3,(H,16,17)/t7-,8-/m1/s1. The molecule has 2 atom stereocenters. The Morgan fingerprint density at radius 2 is 1.95 bits per heavy atom. The average molecular weight is 303 g/mol. The van der Waals surface area contributed by atoms with Crippen molar-refractivity contribution in [2.24, 2.45) is 5.84 Å². The lowest BCUT2D eigenvalue weighted by Crippen LogP contribution is -2.55. The minimum Gasteiger partial charge on any atom is -0.473 e. The third kappa shape index (κ3) is 5.20. The summed E-state index contributed by atoms with van der Waals surface area (Å²) >= 11 is 0. The smallest absolute Gasteiger partial charge is 0.419 e. The number of hydrogen-bond donors (Lipinski definition) is 3. The lowest BCUT2D eigenvalue weighted by molar-refractivity contribution is -0.175. The van der Waals surface area contributed by atoms with E-state index in [1.165, 1.54) is 4.90 Å². The molecule has 1 amide bonds. The molecule has 1 saturated heterocycles. The van der Waals surface area contributed by atoms with Gasteiger partial charge in [-0.3, -0.25) is 16.2 Å². The maximum Gasteiger partial charge on any atom is 0.419 e. The predicted molar refractivity (Wildman–Crippen MR) is 70.8 cm³/mol. The number of ether oxygens (including phenoxy) is 2. The molecular formula is C12H21N3O6. The van der Waals surface area contributed by atoms with Gasteiger partial charge in [-0.15, -0.1) is 0 Å². The Bertz CT molecular complexity index is 420. The Balaban J connectivity index is 2.80. The van der Waals surface area contributed by atoms with Gasteiger partial charge in [-0.25, -0.2) is 14.4 Å². The van der Waals surface area contributed by atoms with E-state index in [1.54, 1.807) is 20.8 Å². The molecule has 0 bridgehead atoms. The van der Waals surface area contributed by atoms with Crippen LogP contribution in [0.2, 0.25) is 0 Å². The van der Waals surface area contributed by atoms with E-state index < -0.39 is 29.9 Å². The summed E-state index contributed by atoms with van der Waals surface area (Å²) in [7, 11) is 0. The number of nitrogens with two attached hydrogens (primary N) is 1. The zero-order chi connectivity index (χ0) is 16.2. The number of carbonyl (C=O) groups excluding carboxylic acids is 2. The highest BCUT2D eigenvalue weighted by Crippen LogP contribution is 2.21. The van der Waals surface area contributed by atoms with Gasteiger partial charge >= 0.3 is 18.0 Å². The van der Waals surface area contributed by atoms with Crippen LogP contribution in [0.3, 0.4) is 0 Å². The molecule has 120 valence electrons. The Morgan fingerprint density at radius 1 is 1.33 bits per heavy atom.